The van der Waals surface area contributed by atoms with Crippen molar-refractivity contribution in [2.45, 2.75) is 39.5 Å². The molecule has 1 heterocycles. The summed E-state index contributed by atoms with van der Waals surface area (Å²) in [6, 6.07) is 9.70. The molecule has 0 aromatic heterocycles. The van der Waals surface area contributed by atoms with Crippen molar-refractivity contribution in [2.24, 2.45) is 0 Å². The number of anilines is 1. The zero-order valence-corrected chi connectivity index (χ0v) is 16.6. The SMILES string of the molecule is COc1c(C(C)C)cc(C=C2C(=O)Nc3cc(Cl)ccc32)cc1C(C)C. The first-order chi connectivity index (χ1) is 12.3. The van der Waals surface area contributed by atoms with Crippen LogP contribution in [0.1, 0.15) is 61.8 Å². The molecule has 0 bridgehead atoms. The lowest BCUT2D eigenvalue weighted by molar-refractivity contribution is -0.110. The molecule has 3 rings (SSSR count). The maximum absolute atomic E-state index is 12.5. The van der Waals surface area contributed by atoms with Crippen molar-refractivity contribution in [1.29, 1.82) is 0 Å². The normalized spacial score (nSPS) is 14.9. The van der Waals surface area contributed by atoms with Crippen LogP contribution in [0.15, 0.2) is 30.3 Å². The van der Waals surface area contributed by atoms with Crippen LogP contribution in [0.4, 0.5) is 5.69 Å². The van der Waals surface area contributed by atoms with E-state index in [1.807, 2.05) is 18.2 Å². The highest BCUT2D eigenvalue weighted by Gasteiger charge is 2.25. The number of methoxy groups -OCH3 is 1. The molecule has 1 N–H and O–H groups in total. The van der Waals surface area contributed by atoms with Crippen molar-refractivity contribution in [3.05, 3.63) is 57.6 Å². The van der Waals surface area contributed by atoms with Crippen molar-refractivity contribution >= 4 is 34.8 Å². The molecule has 0 atom stereocenters. The molecule has 26 heavy (non-hydrogen) atoms. The Morgan fingerprint density at radius 1 is 1.04 bits per heavy atom. The van der Waals surface area contributed by atoms with E-state index in [-0.39, 0.29) is 5.91 Å². The molecule has 1 aliphatic rings. The van der Waals surface area contributed by atoms with Crippen molar-refractivity contribution < 1.29 is 9.53 Å². The number of benzene rings is 2. The average molecular weight is 370 g/mol. The Kier molecular flexibility index (Phi) is 5.10. The van der Waals surface area contributed by atoms with Gasteiger partial charge in [0.2, 0.25) is 0 Å². The number of hydrogen-bond acceptors (Lipinski definition) is 2. The molecule has 2 aromatic carbocycles. The Hall–Kier alpha value is -2.26. The van der Waals surface area contributed by atoms with E-state index >= 15 is 0 Å². The fourth-order valence-corrected chi connectivity index (χ4v) is 3.52. The monoisotopic (exact) mass is 369 g/mol. The number of rotatable bonds is 4. The molecule has 0 radical (unpaired) electrons. The smallest absolute Gasteiger partial charge is 0.256 e. The standard InChI is InChI=1S/C22H24ClNO2/c1-12(2)17-8-14(9-18(13(3)4)21(17)26-5)10-19-16-7-6-15(23)11-20(16)24-22(19)25/h6-13H,1-5H3,(H,24,25). The Morgan fingerprint density at radius 2 is 1.65 bits per heavy atom. The number of fused-ring (bicyclic) bond motifs is 1. The summed E-state index contributed by atoms with van der Waals surface area (Å²) >= 11 is 6.04. The van der Waals surface area contributed by atoms with Gasteiger partial charge < -0.3 is 10.1 Å². The van der Waals surface area contributed by atoms with Gasteiger partial charge in [-0.3, -0.25) is 4.79 Å². The summed E-state index contributed by atoms with van der Waals surface area (Å²) < 4.78 is 5.70. The van der Waals surface area contributed by atoms with Gasteiger partial charge >= 0.3 is 0 Å². The summed E-state index contributed by atoms with van der Waals surface area (Å²) in [5, 5.41) is 3.50. The summed E-state index contributed by atoms with van der Waals surface area (Å²) in [7, 11) is 1.72. The molecule has 136 valence electrons. The molecule has 0 saturated carbocycles. The lowest BCUT2D eigenvalue weighted by atomic mass is 9.90. The average Bonchev–Trinajstić information content (AvgIpc) is 2.88. The molecule has 0 unspecified atom stereocenters. The lowest BCUT2D eigenvalue weighted by Gasteiger charge is -2.19. The van der Waals surface area contributed by atoms with Gasteiger partial charge in [-0.25, -0.2) is 0 Å². The first-order valence-corrected chi connectivity index (χ1v) is 9.24. The molecule has 0 spiro atoms. The molecular formula is C22H24ClNO2. The second-order valence-corrected chi connectivity index (χ2v) is 7.68. The van der Waals surface area contributed by atoms with Gasteiger partial charge in [0, 0.05) is 16.2 Å². The number of hydrogen-bond donors (Lipinski definition) is 1. The van der Waals surface area contributed by atoms with E-state index < -0.39 is 0 Å². The van der Waals surface area contributed by atoms with Gasteiger partial charge in [-0.15, -0.1) is 0 Å². The van der Waals surface area contributed by atoms with Crippen LogP contribution in [0.25, 0.3) is 11.6 Å². The molecule has 1 aliphatic heterocycles. The van der Waals surface area contributed by atoms with Crippen LogP contribution in [0.3, 0.4) is 0 Å². The van der Waals surface area contributed by atoms with E-state index in [0.717, 1.165) is 33.7 Å². The summed E-state index contributed by atoms with van der Waals surface area (Å²) in [6.45, 7) is 8.60. The van der Waals surface area contributed by atoms with E-state index in [1.54, 1.807) is 13.2 Å². The van der Waals surface area contributed by atoms with Crippen molar-refractivity contribution in [2.75, 3.05) is 12.4 Å². The van der Waals surface area contributed by atoms with Gasteiger partial charge in [0.1, 0.15) is 5.75 Å². The van der Waals surface area contributed by atoms with Gasteiger partial charge in [0.15, 0.2) is 0 Å². The van der Waals surface area contributed by atoms with Crippen LogP contribution < -0.4 is 10.1 Å². The Labute approximate surface area is 160 Å². The van der Waals surface area contributed by atoms with E-state index in [2.05, 4.69) is 45.1 Å². The van der Waals surface area contributed by atoms with E-state index in [9.17, 15) is 4.79 Å². The summed E-state index contributed by atoms with van der Waals surface area (Å²) in [4.78, 5) is 12.5. The molecular weight excluding hydrogens is 346 g/mol. The maximum Gasteiger partial charge on any atom is 0.256 e. The number of nitrogens with one attached hydrogen (secondary N) is 1. The highest BCUT2D eigenvalue weighted by molar-refractivity contribution is 6.36. The van der Waals surface area contributed by atoms with Gasteiger partial charge in [0.25, 0.3) is 5.91 Å². The Bertz CT molecular complexity index is 868. The first kappa shape index (κ1) is 18.5. The third-order valence-electron chi connectivity index (χ3n) is 4.69. The minimum absolute atomic E-state index is 0.102. The minimum Gasteiger partial charge on any atom is -0.496 e. The van der Waals surface area contributed by atoms with Gasteiger partial charge in [-0.05, 0) is 58.9 Å². The van der Waals surface area contributed by atoms with Crippen molar-refractivity contribution in [3.63, 3.8) is 0 Å². The molecule has 0 aliphatic carbocycles. The van der Waals surface area contributed by atoms with E-state index in [4.69, 9.17) is 16.3 Å². The van der Waals surface area contributed by atoms with Gasteiger partial charge in [-0.1, -0.05) is 45.4 Å². The number of carbonyl (C=O) groups is 1. The zero-order valence-electron chi connectivity index (χ0n) is 15.8. The molecule has 4 heteroatoms. The highest BCUT2D eigenvalue weighted by Crippen LogP contribution is 2.39. The summed E-state index contributed by atoms with van der Waals surface area (Å²) in [5.41, 5.74) is 5.61. The van der Waals surface area contributed by atoms with Crippen LogP contribution in [-0.4, -0.2) is 13.0 Å². The molecule has 3 nitrogen and oxygen atoms in total. The quantitative estimate of drug-likeness (QED) is 0.662. The first-order valence-electron chi connectivity index (χ1n) is 8.86. The van der Waals surface area contributed by atoms with Crippen molar-refractivity contribution in [1.82, 2.24) is 0 Å². The van der Waals surface area contributed by atoms with Gasteiger partial charge in [0.05, 0.1) is 12.8 Å². The lowest BCUT2D eigenvalue weighted by Crippen LogP contribution is -2.04. The van der Waals surface area contributed by atoms with E-state index in [0.29, 0.717) is 22.4 Å². The van der Waals surface area contributed by atoms with Crippen LogP contribution in [-0.2, 0) is 4.79 Å². The Morgan fingerprint density at radius 3 is 2.19 bits per heavy atom. The molecule has 0 saturated heterocycles. The summed E-state index contributed by atoms with van der Waals surface area (Å²) in [5.74, 6) is 1.49. The second-order valence-electron chi connectivity index (χ2n) is 7.24. The van der Waals surface area contributed by atoms with E-state index in [1.165, 1.54) is 0 Å². The third kappa shape index (κ3) is 3.36. The minimum atomic E-state index is -0.102. The predicted molar refractivity (Wildman–Crippen MR) is 109 cm³/mol. The fourth-order valence-electron chi connectivity index (χ4n) is 3.35. The zero-order chi connectivity index (χ0) is 19.0. The summed E-state index contributed by atoms with van der Waals surface area (Å²) in [6.07, 6.45) is 1.95. The number of ether oxygens (including phenoxy) is 1. The number of carbonyl (C=O) groups excluding carboxylic acids is 1. The second kappa shape index (κ2) is 7.16. The molecule has 1 amide bonds. The van der Waals surface area contributed by atoms with Crippen LogP contribution >= 0.6 is 11.6 Å². The fraction of sp³-hybridized carbons (Fsp3) is 0.318. The van der Waals surface area contributed by atoms with Crippen molar-refractivity contribution in [3.8, 4) is 5.75 Å². The topological polar surface area (TPSA) is 38.3 Å². The van der Waals surface area contributed by atoms with Crippen LogP contribution in [0.5, 0.6) is 5.75 Å². The third-order valence-corrected chi connectivity index (χ3v) is 4.93. The van der Waals surface area contributed by atoms with Gasteiger partial charge in [-0.2, -0.15) is 0 Å². The molecule has 0 fully saturated rings. The van der Waals surface area contributed by atoms with Crippen LogP contribution in [0, 0.1) is 0 Å². The van der Waals surface area contributed by atoms with Crippen LogP contribution in [0.2, 0.25) is 5.02 Å². The number of amides is 1. The Balaban J connectivity index is 2.16. The largest absolute Gasteiger partial charge is 0.496 e. The molecule has 2 aromatic rings. The maximum atomic E-state index is 12.5. The predicted octanol–water partition coefficient (Wildman–Crippen LogP) is 6.09. The highest BCUT2D eigenvalue weighted by atomic mass is 35.5. The number of halogens is 1.